The van der Waals surface area contributed by atoms with Crippen LogP contribution >= 0.6 is 0 Å². The number of rotatable bonds is 5. The minimum Gasteiger partial charge on any atom is -0.331 e. The molecular weight excluding hydrogens is 292 g/mol. The number of hydrogen-bond acceptors (Lipinski definition) is 3. The maximum Gasteiger partial charge on any atom is 0.247 e. The molecule has 23 heavy (non-hydrogen) atoms. The second kappa shape index (κ2) is 6.40. The summed E-state index contributed by atoms with van der Waals surface area (Å²) in [6, 6.07) is 5.30. The molecule has 1 aliphatic heterocycles. The molecule has 2 heterocycles. The Balaban J connectivity index is 1.77. The van der Waals surface area contributed by atoms with Crippen LogP contribution in [0.1, 0.15) is 33.1 Å². The molecule has 0 bridgehead atoms. The average molecular weight is 314 g/mol. The van der Waals surface area contributed by atoms with Gasteiger partial charge in [0.1, 0.15) is 6.04 Å². The topological polar surface area (TPSA) is 67.2 Å². The summed E-state index contributed by atoms with van der Waals surface area (Å²) in [4.78, 5) is 26.1. The second-order valence-corrected chi connectivity index (χ2v) is 5.86. The third-order valence-electron chi connectivity index (χ3n) is 4.32. The summed E-state index contributed by atoms with van der Waals surface area (Å²) in [6.07, 6.45) is 3.98. The molecule has 6 heteroatoms. The molecule has 0 saturated carbocycles. The number of aromatic nitrogens is 2. The molecule has 0 radical (unpaired) electrons. The highest BCUT2D eigenvalue weighted by Crippen LogP contribution is 2.20. The van der Waals surface area contributed by atoms with Gasteiger partial charge in [-0.15, -0.1) is 0 Å². The van der Waals surface area contributed by atoms with Gasteiger partial charge in [0.05, 0.1) is 5.52 Å². The van der Waals surface area contributed by atoms with Crippen LogP contribution in [-0.4, -0.2) is 39.1 Å². The van der Waals surface area contributed by atoms with Crippen LogP contribution in [0, 0.1) is 0 Å². The van der Waals surface area contributed by atoms with Crippen LogP contribution in [0.2, 0.25) is 0 Å². The molecule has 1 fully saturated rings. The van der Waals surface area contributed by atoms with Gasteiger partial charge < -0.3 is 10.2 Å². The van der Waals surface area contributed by atoms with Crippen LogP contribution in [0.25, 0.3) is 10.9 Å². The lowest BCUT2D eigenvalue weighted by molar-refractivity contribution is -0.135. The van der Waals surface area contributed by atoms with Crippen LogP contribution in [0.5, 0.6) is 0 Å². The van der Waals surface area contributed by atoms with E-state index in [-0.39, 0.29) is 11.8 Å². The number of nitrogens with zero attached hydrogens (tertiary/aromatic N) is 3. The standard InChI is InChI=1S/C17H22N4O2/c1-3-15(21-9-5-6-16(21)22)17(23)18-13-8-7-12-11-20(4-2)19-14(12)10-13/h7-8,10-11,15H,3-6,9H2,1-2H3,(H,18,23)/t15-/m0/s1. The Hall–Kier alpha value is -2.37. The first-order chi connectivity index (χ1) is 11.1. The lowest BCUT2D eigenvalue weighted by Gasteiger charge is -2.25. The van der Waals surface area contributed by atoms with E-state index in [0.29, 0.717) is 25.1 Å². The van der Waals surface area contributed by atoms with Gasteiger partial charge in [-0.1, -0.05) is 6.92 Å². The number of carbonyl (C=O) groups is 2. The molecule has 2 amide bonds. The number of likely N-dealkylation sites (tertiary alicyclic amines) is 1. The van der Waals surface area contributed by atoms with E-state index >= 15 is 0 Å². The van der Waals surface area contributed by atoms with Crippen LogP contribution in [0.4, 0.5) is 5.69 Å². The summed E-state index contributed by atoms with van der Waals surface area (Å²) in [5.74, 6) is -0.0545. The van der Waals surface area contributed by atoms with Crippen LogP contribution < -0.4 is 5.32 Å². The smallest absolute Gasteiger partial charge is 0.247 e. The summed E-state index contributed by atoms with van der Waals surface area (Å²) >= 11 is 0. The van der Waals surface area contributed by atoms with Gasteiger partial charge in [0.2, 0.25) is 11.8 Å². The van der Waals surface area contributed by atoms with Gasteiger partial charge in [-0.25, -0.2) is 0 Å². The first kappa shape index (κ1) is 15.5. The molecule has 3 rings (SSSR count). The number of benzene rings is 1. The van der Waals surface area contributed by atoms with Crippen molar-refractivity contribution in [2.75, 3.05) is 11.9 Å². The lowest BCUT2D eigenvalue weighted by atomic mass is 10.1. The predicted molar refractivity (Wildman–Crippen MR) is 89.1 cm³/mol. The molecule has 1 N–H and O–H groups in total. The average Bonchev–Trinajstić information content (AvgIpc) is 3.14. The third-order valence-corrected chi connectivity index (χ3v) is 4.32. The van der Waals surface area contributed by atoms with Crippen molar-refractivity contribution in [3.05, 3.63) is 24.4 Å². The molecule has 0 aliphatic carbocycles. The molecule has 2 aromatic rings. The van der Waals surface area contributed by atoms with Gasteiger partial charge in [0.15, 0.2) is 0 Å². The fourth-order valence-electron chi connectivity index (χ4n) is 3.08. The SMILES string of the molecule is CC[C@@H](C(=O)Nc1ccc2cn(CC)nc2c1)N1CCCC1=O. The van der Waals surface area contributed by atoms with Crippen LogP contribution in [0.15, 0.2) is 24.4 Å². The van der Waals surface area contributed by atoms with Gasteiger partial charge in [-0.05, 0) is 38.0 Å². The van der Waals surface area contributed by atoms with E-state index in [0.717, 1.165) is 23.9 Å². The van der Waals surface area contributed by atoms with E-state index in [1.165, 1.54) is 0 Å². The highest BCUT2D eigenvalue weighted by Gasteiger charge is 2.31. The number of carbonyl (C=O) groups excluding carboxylic acids is 2. The molecule has 0 spiro atoms. The van der Waals surface area contributed by atoms with Gasteiger partial charge in [0, 0.05) is 36.8 Å². The van der Waals surface area contributed by atoms with Crippen molar-refractivity contribution in [2.24, 2.45) is 0 Å². The molecule has 1 aliphatic rings. The molecule has 0 unspecified atom stereocenters. The Bertz CT molecular complexity index is 737. The van der Waals surface area contributed by atoms with E-state index in [2.05, 4.69) is 10.4 Å². The molecule has 1 aromatic heterocycles. The minimum absolute atomic E-state index is 0.0733. The van der Waals surface area contributed by atoms with E-state index in [9.17, 15) is 9.59 Å². The highest BCUT2D eigenvalue weighted by molar-refractivity contribution is 5.98. The molecule has 1 aromatic carbocycles. The van der Waals surface area contributed by atoms with Gasteiger partial charge >= 0.3 is 0 Å². The van der Waals surface area contributed by atoms with Crippen LogP contribution in [-0.2, 0) is 16.1 Å². The summed E-state index contributed by atoms with van der Waals surface area (Å²) in [6.45, 7) is 5.45. The quantitative estimate of drug-likeness (QED) is 0.921. The van der Waals surface area contributed by atoms with E-state index in [1.807, 2.05) is 42.9 Å². The van der Waals surface area contributed by atoms with Gasteiger partial charge in [0.25, 0.3) is 0 Å². The number of nitrogens with one attached hydrogen (secondary N) is 1. The Labute approximate surface area is 135 Å². The number of anilines is 1. The van der Waals surface area contributed by atoms with Gasteiger partial charge in [-0.3, -0.25) is 14.3 Å². The molecule has 1 atom stereocenters. The second-order valence-electron chi connectivity index (χ2n) is 5.86. The zero-order valence-electron chi connectivity index (χ0n) is 13.6. The van der Waals surface area contributed by atoms with Crippen LogP contribution in [0.3, 0.4) is 0 Å². The maximum atomic E-state index is 12.5. The molecular formula is C17H22N4O2. The van der Waals surface area contributed by atoms with Crippen molar-refractivity contribution in [2.45, 2.75) is 45.7 Å². The maximum absolute atomic E-state index is 12.5. The van der Waals surface area contributed by atoms with Crippen molar-refractivity contribution in [1.29, 1.82) is 0 Å². The summed E-state index contributed by atoms with van der Waals surface area (Å²) in [5.41, 5.74) is 1.57. The van der Waals surface area contributed by atoms with Crippen molar-refractivity contribution < 1.29 is 9.59 Å². The molecule has 122 valence electrons. The minimum atomic E-state index is -0.395. The Morgan fingerprint density at radius 3 is 2.87 bits per heavy atom. The molecule has 6 nitrogen and oxygen atoms in total. The van der Waals surface area contributed by atoms with E-state index < -0.39 is 6.04 Å². The number of hydrogen-bond donors (Lipinski definition) is 1. The molecule has 1 saturated heterocycles. The normalized spacial score (nSPS) is 16.1. The van der Waals surface area contributed by atoms with Crippen molar-refractivity contribution in [3.8, 4) is 0 Å². The largest absolute Gasteiger partial charge is 0.331 e. The summed E-state index contributed by atoms with van der Waals surface area (Å²) in [5, 5.41) is 8.43. The predicted octanol–water partition coefficient (Wildman–Crippen LogP) is 2.40. The zero-order valence-corrected chi connectivity index (χ0v) is 13.6. The Kier molecular flexibility index (Phi) is 4.32. The fraction of sp³-hybridized carbons (Fsp3) is 0.471. The van der Waals surface area contributed by atoms with Gasteiger partial charge in [-0.2, -0.15) is 5.10 Å². The van der Waals surface area contributed by atoms with Crippen molar-refractivity contribution >= 4 is 28.4 Å². The highest BCUT2D eigenvalue weighted by atomic mass is 16.2. The number of aryl methyl sites for hydroxylation is 1. The fourth-order valence-corrected chi connectivity index (χ4v) is 3.08. The Morgan fingerprint density at radius 1 is 1.39 bits per heavy atom. The first-order valence-electron chi connectivity index (χ1n) is 8.20. The monoisotopic (exact) mass is 314 g/mol. The number of amides is 2. The summed E-state index contributed by atoms with van der Waals surface area (Å²) < 4.78 is 1.87. The Morgan fingerprint density at radius 2 is 2.22 bits per heavy atom. The van der Waals surface area contributed by atoms with Crippen molar-refractivity contribution in [1.82, 2.24) is 14.7 Å². The third kappa shape index (κ3) is 3.06. The lowest BCUT2D eigenvalue weighted by Crippen LogP contribution is -2.44. The number of fused-ring (bicyclic) bond motifs is 1. The van der Waals surface area contributed by atoms with E-state index in [4.69, 9.17) is 0 Å². The first-order valence-corrected chi connectivity index (χ1v) is 8.20. The van der Waals surface area contributed by atoms with E-state index in [1.54, 1.807) is 4.90 Å². The van der Waals surface area contributed by atoms with Crippen molar-refractivity contribution in [3.63, 3.8) is 0 Å². The zero-order chi connectivity index (χ0) is 16.4. The summed E-state index contributed by atoms with van der Waals surface area (Å²) in [7, 11) is 0.